The van der Waals surface area contributed by atoms with Crippen LogP contribution < -0.4 is 16.6 Å². The standard InChI is InChI=1S/C19H18N4O3S/c1-9-6-7-12-13(8-9)27-19(14(12)16(20)24)21-18(26)15-10-4-2-3-5-11(10)17(25)23-22-15/h2-5,9H,6-8H2,1H3,(H2,20,24)(H,21,26)(H,23,25). The molecule has 1 unspecified atom stereocenters. The number of H-pyrrole nitrogens is 1. The number of carbonyl (C=O) groups excluding carboxylic acids is 2. The lowest BCUT2D eigenvalue weighted by molar-refractivity contribution is 0.1000. The smallest absolute Gasteiger partial charge is 0.277 e. The van der Waals surface area contributed by atoms with Crippen molar-refractivity contribution in [3.63, 3.8) is 0 Å². The van der Waals surface area contributed by atoms with Crippen LogP contribution in [0.15, 0.2) is 29.1 Å². The molecule has 1 aliphatic rings. The molecule has 0 aliphatic heterocycles. The summed E-state index contributed by atoms with van der Waals surface area (Å²) in [6, 6.07) is 6.76. The second-order valence-corrected chi connectivity index (χ2v) is 7.93. The molecule has 0 spiro atoms. The van der Waals surface area contributed by atoms with E-state index in [2.05, 4.69) is 22.4 Å². The Balaban J connectivity index is 1.75. The Bertz CT molecular complexity index is 1130. The number of fused-ring (bicyclic) bond motifs is 2. The molecule has 4 N–H and O–H groups in total. The number of nitrogens with one attached hydrogen (secondary N) is 2. The van der Waals surface area contributed by atoms with Gasteiger partial charge in [0, 0.05) is 10.3 Å². The Morgan fingerprint density at radius 1 is 1.30 bits per heavy atom. The number of aromatic amines is 1. The molecule has 2 heterocycles. The Hall–Kier alpha value is -3.00. The van der Waals surface area contributed by atoms with Crippen molar-refractivity contribution < 1.29 is 9.59 Å². The van der Waals surface area contributed by atoms with Crippen LogP contribution in [0.2, 0.25) is 0 Å². The van der Waals surface area contributed by atoms with Crippen molar-refractivity contribution in [3.05, 3.63) is 56.3 Å². The Morgan fingerprint density at radius 3 is 2.78 bits per heavy atom. The highest BCUT2D eigenvalue weighted by atomic mass is 32.1. The SMILES string of the molecule is CC1CCc2c(sc(NC(=O)c3n[nH]c(=O)c4ccccc34)c2C(N)=O)C1. The van der Waals surface area contributed by atoms with E-state index in [1.165, 1.54) is 11.3 Å². The van der Waals surface area contributed by atoms with Crippen molar-refractivity contribution in [1.29, 1.82) is 0 Å². The number of benzene rings is 1. The van der Waals surface area contributed by atoms with Gasteiger partial charge in [-0.05, 0) is 36.8 Å². The first-order chi connectivity index (χ1) is 13.0. The van der Waals surface area contributed by atoms with Crippen molar-refractivity contribution in [1.82, 2.24) is 10.2 Å². The maximum Gasteiger partial charge on any atom is 0.277 e. The average Bonchev–Trinajstić information content (AvgIpc) is 2.99. The number of rotatable bonds is 3. The molecular weight excluding hydrogens is 364 g/mol. The van der Waals surface area contributed by atoms with Crippen LogP contribution in [-0.4, -0.2) is 22.0 Å². The number of anilines is 1. The van der Waals surface area contributed by atoms with Crippen LogP contribution in [0.5, 0.6) is 0 Å². The molecule has 1 atom stereocenters. The van der Waals surface area contributed by atoms with Crippen LogP contribution in [0.4, 0.5) is 5.00 Å². The molecule has 1 aromatic carbocycles. The number of hydrogen-bond acceptors (Lipinski definition) is 5. The zero-order valence-electron chi connectivity index (χ0n) is 14.7. The molecule has 4 rings (SSSR count). The molecule has 0 fully saturated rings. The van der Waals surface area contributed by atoms with Crippen LogP contribution >= 0.6 is 11.3 Å². The van der Waals surface area contributed by atoms with Crippen LogP contribution in [0.25, 0.3) is 10.8 Å². The average molecular weight is 382 g/mol. The molecule has 0 saturated heterocycles. The summed E-state index contributed by atoms with van der Waals surface area (Å²) in [6.07, 6.45) is 2.64. The van der Waals surface area contributed by atoms with Crippen LogP contribution in [0.3, 0.4) is 0 Å². The summed E-state index contributed by atoms with van der Waals surface area (Å²) in [5.41, 5.74) is 6.67. The second-order valence-electron chi connectivity index (χ2n) is 6.82. The predicted octanol–water partition coefficient (Wildman–Crippen LogP) is 2.46. The van der Waals surface area contributed by atoms with E-state index in [0.717, 1.165) is 29.7 Å². The molecular formula is C19H18N4O3S. The molecule has 138 valence electrons. The van der Waals surface area contributed by atoms with E-state index in [1.807, 2.05) is 0 Å². The van der Waals surface area contributed by atoms with E-state index < -0.39 is 11.8 Å². The second kappa shape index (κ2) is 6.62. The molecule has 0 bridgehead atoms. The van der Waals surface area contributed by atoms with Gasteiger partial charge in [-0.25, -0.2) is 5.10 Å². The van der Waals surface area contributed by atoms with Gasteiger partial charge in [-0.15, -0.1) is 11.3 Å². The zero-order valence-corrected chi connectivity index (χ0v) is 15.5. The monoisotopic (exact) mass is 382 g/mol. The number of primary amides is 1. The molecule has 7 nitrogen and oxygen atoms in total. The molecule has 8 heteroatoms. The third-order valence-electron chi connectivity index (χ3n) is 4.90. The summed E-state index contributed by atoms with van der Waals surface area (Å²) in [4.78, 5) is 37.9. The quantitative estimate of drug-likeness (QED) is 0.645. The molecule has 1 aliphatic carbocycles. The minimum Gasteiger partial charge on any atom is -0.365 e. The van der Waals surface area contributed by atoms with E-state index in [0.29, 0.717) is 27.3 Å². The van der Waals surface area contributed by atoms with Gasteiger partial charge in [-0.2, -0.15) is 5.10 Å². The van der Waals surface area contributed by atoms with Crippen molar-refractivity contribution in [2.75, 3.05) is 5.32 Å². The Kier molecular flexibility index (Phi) is 4.27. The minimum absolute atomic E-state index is 0.0976. The van der Waals surface area contributed by atoms with E-state index in [4.69, 9.17) is 5.73 Å². The first-order valence-electron chi connectivity index (χ1n) is 8.68. The molecule has 2 amide bonds. The molecule has 2 aromatic heterocycles. The first-order valence-corrected chi connectivity index (χ1v) is 9.50. The van der Waals surface area contributed by atoms with Crippen LogP contribution in [-0.2, 0) is 12.8 Å². The lowest BCUT2D eigenvalue weighted by Gasteiger charge is -2.18. The fraction of sp³-hybridized carbons (Fsp3) is 0.263. The van der Waals surface area contributed by atoms with E-state index in [9.17, 15) is 14.4 Å². The van der Waals surface area contributed by atoms with Gasteiger partial charge in [0.15, 0.2) is 5.69 Å². The Labute approximate surface area is 158 Å². The lowest BCUT2D eigenvalue weighted by atomic mass is 9.88. The van der Waals surface area contributed by atoms with Gasteiger partial charge in [-0.1, -0.05) is 25.1 Å². The highest BCUT2D eigenvalue weighted by Gasteiger charge is 2.28. The lowest BCUT2D eigenvalue weighted by Crippen LogP contribution is -2.21. The van der Waals surface area contributed by atoms with Crippen molar-refractivity contribution in [2.24, 2.45) is 11.7 Å². The Morgan fingerprint density at radius 2 is 2.04 bits per heavy atom. The minimum atomic E-state index is -0.545. The third-order valence-corrected chi connectivity index (χ3v) is 6.07. The molecule has 27 heavy (non-hydrogen) atoms. The van der Waals surface area contributed by atoms with Gasteiger partial charge in [0.2, 0.25) is 0 Å². The molecule has 0 saturated carbocycles. The highest BCUT2D eigenvalue weighted by Crippen LogP contribution is 2.39. The fourth-order valence-corrected chi connectivity index (χ4v) is 4.96. The third kappa shape index (κ3) is 3.02. The zero-order chi connectivity index (χ0) is 19.1. The van der Waals surface area contributed by atoms with E-state index >= 15 is 0 Å². The normalized spacial score (nSPS) is 16.1. The first kappa shape index (κ1) is 17.4. The van der Waals surface area contributed by atoms with Gasteiger partial charge in [0.25, 0.3) is 17.4 Å². The summed E-state index contributed by atoms with van der Waals surface area (Å²) in [5, 5.41) is 10.3. The number of nitrogens with zero attached hydrogens (tertiary/aromatic N) is 1. The van der Waals surface area contributed by atoms with Gasteiger partial charge in [0.1, 0.15) is 5.00 Å². The van der Waals surface area contributed by atoms with Crippen LogP contribution in [0, 0.1) is 5.92 Å². The number of nitrogens with two attached hydrogens (primary N) is 1. The van der Waals surface area contributed by atoms with Crippen molar-refractivity contribution in [2.45, 2.75) is 26.2 Å². The van der Waals surface area contributed by atoms with Gasteiger partial charge >= 0.3 is 0 Å². The number of hydrogen-bond donors (Lipinski definition) is 3. The van der Waals surface area contributed by atoms with Crippen molar-refractivity contribution >= 4 is 38.9 Å². The number of aromatic nitrogens is 2. The van der Waals surface area contributed by atoms with Gasteiger partial charge in [0.05, 0.1) is 10.9 Å². The maximum absolute atomic E-state index is 12.9. The maximum atomic E-state index is 12.9. The number of carbonyl (C=O) groups is 2. The fourth-order valence-electron chi connectivity index (χ4n) is 3.55. The molecule has 3 aromatic rings. The summed E-state index contributed by atoms with van der Waals surface area (Å²) >= 11 is 1.39. The van der Waals surface area contributed by atoms with Crippen LogP contribution in [0.1, 0.15) is 44.6 Å². The summed E-state index contributed by atoms with van der Waals surface area (Å²) < 4.78 is 0. The topological polar surface area (TPSA) is 118 Å². The summed E-state index contributed by atoms with van der Waals surface area (Å²) in [5.74, 6) is -0.501. The summed E-state index contributed by atoms with van der Waals surface area (Å²) in [6.45, 7) is 2.17. The molecule has 0 radical (unpaired) electrons. The number of thiophene rings is 1. The summed E-state index contributed by atoms with van der Waals surface area (Å²) in [7, 11) is 0. The highest BCUT2D eigenvalue weighted by molar-refractivity contribution is 7.17. The van der Waals surface area contributed by atoms with E-state index in [-0.39, 0.29) is 11.3 Å². The predicted molar refractivity (Wildman–Crippen MR) is 104 cm³/mol. The van der Waals surface area contributed by atoms with Gasteiger partial charge in [-0.3, -0.25) is 14.4 Å². The van der Waals surface area contributed by atoms with Crippen molar-refractivity contribution in [3.8, 4) is 0 Å². The largest absolute Gasteiger partial charge is 0.365 e. The number of amides is 2. The van der Waals surface area contributed by atoms with E-state index in [1.54, 1.807) is 24.3 Å². The van der Waals surface area contributed by atoms with Gasteiger partial charge < -0.3 is 11.1 Å².